The molecule has 0 heterocycles. The van der Waals surface area contributed by atoms with E-state index in [0.717, 1.165) is 9.13 Å². The second-order valence-corrected chi connectivity index (χ2v) is 8.36. The van der Waals surface area contributed by atoms with Crippen LogP contribution in [0, 0.1) is 10.7 Å². The molecule has 0 saturated carbocycles. The van der Waals surface area contributed by atoms with E-state index >= 15 is 0 Å². The molecule has 0 bridgehead atoms. The molecule has 0 aliphatic carbocycles. The molecular weight excluding hydrogens is 677 g/mol. The Balaban J connectivity index is 1.97. The van der Waals surface area contributed by atoms with Crippen molar-refractivity contribution >= 4 is 85.8 Å². The van der Waals surface area contributed by atoms with Crippen LogP contribution in [-0.2, 0) is 4.74 Å². The van der Waals surface area contributed by atoms with E-state index in [9.17, 15) is 14.7 Å². The topological polar surface area (TPSA) is 75.7 Å². The Kier molecular flexibility index (Phi) is 8.13. The molecule has 0 fully saturated rings. The molecule has 0 N–H and O–H groups in total. The first-order valence-corrected chi connectivity index (χ1v) is 10.5. The first-order valence-electron chi connectivity index (χ1n) is 7.26. The van der Waals surface area contributed by atoms with Crippen LogP contribution in [0.5, 0.6) is 5.75 Å². The van der Waals surface area contributed by atoms with Gasteiger partial charge < -0.3 is 19.4 Å². The molecule has 2 aromatic carbocycles. The Morgan fingerprint density at radius 2 is 1.73 bits per heavy atom. The minimum absolute atomic E-state index is 0.0425. The lowest BCUT2D eigenvalue weighted by atomic mass is 10.1. The van der Waals surface area contributed by atoms with E-state index in [0.29, 0.717) is 18.5 Å². The van der Waals surface area contributed by atoms with Crippen molar-refractivity contribution in [2.75, 3.05) is 13.2 Å². The first-order chi connectivity index (χ1) is 12.3. The zero-order chi connectivity index (χ0) is 19.3. The van der Waals surface area contributed by atoms with Crippen molar-refractivity contribution in [2.24, 2.45) is 0 Å². The van der Waals surface area contributed by atoms with Crippen LogP contribution >= 0.6 is 67.8 Å². The van der Waals surface area contributed by atoms with Gasteiger partial charge in [-0.2, -0.15) is 0 Å². The Labute approximate surface area is 191 Å². The summed E-state index contributed by atoms with van der Waals surface area (Å²) in [6.45, 7) is 3.81. The van der Waals surface area contributed by atoms with Gasteiger partial charge in [-0.25, -0.2) is 4.79 Å². The van der Waals surface area contributed by atoms with Gasteiger partial charge >= 0.3 is 5.97 Å². The maximum absolute atomic E-state index is 12.0. The molecule has 0 amide bonds. The highest BCUT2D eigenvalue weighted by Gasteiger charge is 2.16. The number of carbonyl (C=O) groups is 2. The molecule has 136 valence electrons. The molecule has 0 spiro atoms. The molecule has 5 nitrogen and oxygen atoms in total. The Morgan fingerprint density at radius 1 is 1.08 bits per heavy atom. The van der Waals surface area contributed by atoms with Crippen molar-refractivity contribution in [3.63, 3.8) is 0 Å². The summed E-state index contributed by atoms with van der Waals surface area (Å²) < 4.78 is 12.6. The van der Waals surface area contributed by atoms with Gasteiger partial charge in [-0.1, -0.05) is 24.8 Å². The number of aromatic carboxylic acids is 1. The fraction of sp³-hybridized carbons (Fsp3) is 0.111. The van der Waals surface area contributed by atoms with Gasteiger partial charge in [0.15, 0.2) is 0 Å². The van der Waals surface area contributed by atoms with Crippen molar-refractivity contribution in [2.45, 2.75) is 0 Å². The Morgan fingerprint density at radius 3 is 2.31 bits per heavy atom. The smallest absolute Gasteiger partial charge is 0.338 e. The van der Waals surface area contributed by atoms with Crippen molar-refractivity contribution < 1.29 is 24.2 Å². The third kappa shape index (κ3) is 5.31. The number of ether oxygens (including phenoxy) is 2. The molecule has 0 saturated heterocycles. The highest BCUT2D eigenvalue weighted by atomic mass is 127. The van der Waals surface area contributed by atoms with E-state index < -0.39 is 11.9 Å². The molecule has 0 atom stereocenters. The fourth-order valence-corrected chi connectivity index (χ4v) is 6.13. The molecule has 26 heavy (non-hydrogen) atoms. The zero-order valence-electron chi connectivity index (χ0n) is 13.3. The maximum Gasteiger partial charge on any atom is 0.338 e. The quantitative estimate of drug-likeness (QED) is 0.252. The molecule has 0 aliphatic heterocycles. The third-order valence-corrected chi connectivity index (χ3v) is 5.96. The van der Waals surface area contributed by atoms with Gasteiger partial charge in [0.25, 0.3) is 0 Å². The van der Waals surface area contributed by atoms with Gasteiger partial charge in [0, 0.05) is 9.13 Å². The summed E-state index contributed by atoms with van der Waals surface area (Å²) in [5, 5.41) is 11.3. The van der Waals surface area contributed by atoms with Gasteiger partial charge in [0.2, 0.25) is 0 Å². The summed E-state index contributed by atoms with van der Waals surface area (Å²) in [7, 11) is 0. The van der Waals surface area contributed by atoms with Crippen LogP contribution in [0.2, 0.25) is 0 Å². The number of hydrogen-bond acceptors (Lipinski definition) is 5. The number of halogens is 3. The highest BCUT2D eigenvalue weighted by molar-refractivity contribution is 14.1. The molecule has 0 unspecified atom stereocenters. The van der Waals surface area contributed by atoms with Crippen molar-refractivity contribution in [3.05, 3.63) is 64.3 Å². The van der Waals surface area contributed by atoms with E-state index in [-0.39, 0.29) is 18.8 Å². The van der Waals surface area contributed by atoms with Gasteiger partial charge in [-0.15, -0.1) is 0 Å². The van der Waals surface area contributed by atoms with E-state index in [4.69, 9.17) is 9.47 Å². The lowest BCUT2D eigenvalue weighted by molar-refractivity contribution is -0.255. The standard InChI is InChI=1S/C18H13I3O5/c1-2-10-3-5-11(6-4-10)18(24)26-8-7-25-16-13(20)9-12(19)14(15(16)21)17(22)23/h2-6,9H,1,7-8H2,(H,22,23)/p-1. The average molecular weight is 689 g/mol. The van der Waals surface area contributed by atoms with Gasteiger partial charge in [0.1, 0.15) is 19.0 Å². The lowest BCUT2D eigenvalue weighted by Crippen LogP contribution is -2.25. The molecular formula is C18H12I3O5-. The van der Waals surface area contributed by atoms with E-state index in [1.54, 1.807) is 36.4 Å². The summed E-state index contributed by atoms with van der Waals surface area (Å²) in [5.41, 5.74) is 1.45. The average Bonchev–Trinajstić information content (AvgIpc) is 2.60. The van der Waals surface area contributed by atoms with Crippen molar-refractivity contribution in [1.82, 2.24) is 0 Å². The van der Waals surface area contributed by atoms with Gasteiger partial charge in [-0.05, 0) is 91.5 Å². The summed E-state index contributed by atoms with van der Waals surface area (Å²) in [4.78, 5) is 23.3. The highest BCUT2D eigenvalue weighted by Crippen LogP contribution is 2.33. The predicted molar refractivity (Wildman–Crippen MR) is 121 cm³/mol. The minimum Gasteiger partial charge on any atom is -0.545 e. The summed E-state index contributed by atoms with van der Waals surface area (Å²) in [6.07, 6.45) is 1.69. The van der Waals surface area contributed by atoms with Crippen LogP contribution < -0.4 is 9.84 Å². The molecule has 2 rings (SSSR count). The van der Waals surface area contributed by atoms with Crippen LogP contribution in [0.4, 0.5) is 0 Å². The van der Waals surface area contributed by atoms with E-state index in [1.165, 1.54) is 0 Å². The minimum atomic E-state index is -1.26. The largest absolute Gasteiger partial charge is 0.545 e. The first kappa shape index (κ1) is 21.4. The van der Waals surface area contributed by atoms with Gasteiger partial charge in [-0.3, -0.25) is 0 Å². The monoisotopic (exact) mass is 689 g/mol. The van der Waals surface area contributed by atoms with Crippen molar-refractivity contribution in [1.29, 1.82) is 0 Å². The zero-order valence-corrected chi connectivity index (χ0v) is 19.7. The van der Waals surface area contributed by atoms with Gasteiger partial charge in [0.05, 0.1) is 18.7 Å². The predicted octanol–water partition coefficient (Wildman–Crippen LogP) is 3.74. The normalized spacial score (nSPS) is 10.3. The van der Waals surface area contributed by atoms with Crippen LogP contribution in [0.1, 0.15) is 26.3 Å². The second kappa shape index (κ2) is 9.88. The number of benzene rings is 2. The van der Waals surface area contributed by atoms with Crippen LogP contribution in [-0.4, -0.2) is 25.2 Å². The lowest BCUT2D eigenvalue weighted by Gasteiger charge is -2.16. The number of carbonyl (C=O) groups excluding carboxylic acids is 2. The number of hydrogen-bond donors (Lipinski definition) is 0. The van der Waals surface area contributed by atoms with E-state index in [2.05, 4.69) is 29.2 Å². The fourth-order valence-electron chi connectivity index (χ4n) is 2.01. The summed E-state index contributed by atoms with van der Waals surface area (Å²) in [5.74, 6) is -1.27. The summed E-state index contributed by atoms with van der Waals surface area (Å²) >= 11 is 5.93. The summed E-state index contributed by atoms with van der Waals surface area (Å²) in [6, 6.07) is 8.58. The molecule has 8 heteroatoms. The molecule has 0 radical (unpaired) electrons. The van der Waals surface area contributed by atoms with Crippen LogP contribution in [0.3, 0.4) is 0 Å². The van der Waals surface area contributed by atoms with Crippen molar-refractivity contribution in [3.8, 4) is 5.75 Å². The van der Waals surface area contributed by atoms with Crippen LogP contribution in [0.15, 0.2) is 36.9 Å². The molecule has 0 aliphatic rings. The Bertz CT molecular complexity index is 847. The number of esters is 1. The second-order valence-electron chi connectivity index (χ2n) is 4.96. The number of carboxylic acid groups (broad SMARTS) is 1. The van der Waals surface area contributed by atoms with E-state index in [1.807, 2.05) is 45.2 Å². The van der Waals surface area contributed by atoms with Crippen LogP contribution in [0.25, 0.3) is 6.08 Å². The maximum atomic E-state index is 12.0. The molecule has 0 aromatic heterocycles. The molecule has 2 aromatic rings. The SMILES string of the molecule is C=Cc1ccc(C(=O)OCCOc2c(I)cc(I)c(C(=O)[O-])c2I)cc1. The Hall–Kier alpha value is -0.890. The number of carboxylic acids is 1. The number of rotatable bonds is 7. The third-order valence-electron chi connectivity index (χ3n) is 3.28.